The monoisotopic (exact) mass is 354 g/mol. The zero-order valence-corrected chi connectivity index (χ0v) is 14.9. The summed E-state index contributed by atoms with van der Waals surface area (Å²) in [6.45, 7) is 7.45. The van der Waals surface area contributed by atoms with E-state index >= 15 is 0 Å². The molecule has 2 aromatic rings. The number of hydrazine groups is 1. The number of aryl methyl sites for hydroxylation is 2. The maximum Gasteiger partial charge on any atom is 0.276 e. The van der Waals surface area contributed by atoms with Crippen LogP contribution in [0.2, 0.25) is 0 Å². The number of hydrogen-bond donors (Lipinski definition) is 2. The quantitative estimate of drug-likeness (QED) is 0.592. The minimum absolute atomic E-state index is 0.208. The molecule has 0 fully saturated rings. The lowest BCUT2D eigenvalue weighted by Gasteiger charge is -2.13. The van der Waals surface area contributed by atoms with Gasteiger partial charge in [0.05, 0.1) is 5.56 Å². The summed E-state index contributed by atoms with van der Waals surface area (Å²) in [6.07, 6.45) is 1.58. The maximum atomic E-state index is 12.2. The van der Waals surface area contributed by atoms with E-state index in [0.29, 0.717) is 17.1 Å². The number of nitrogens with one attached hydrogen (secondary N) is 2. The van der Waals surface area contributed by atoms with Crippen molar-refractivity contribution in [2.45, 2.75) is 13.8 Å². The molecule has 0 spiro atoms. The summed E-state index contributed by atoms with van der Waals surface area (Å²) < 4.78 is 11.0. The van der Waals surface area contributed by atoms with E-state index in [-0.39, 0.29) is 13.2 Å². The summed E-state index contributed by atoms with van der Waals surface area (Å²) in [5, 5.41) is 0. The Morgan fingerprint density at radius 3 is 2.38 bits per heavy atom. The van der Waals surface area contributed by atoms with Crippen LogP contribution in [0.4, 0.5) is 0 Å². The molecule has 0 aromatic heterocycles. The second kappa shape index (κ2) is 9.27. The predicted molar refractivity (Wildman–Crippen MR) is 99.2 cm³/mol. The topological polar surface area (TPSA) is 76.7 Å². The maximum absolute atomic E-state index is 12.2. The van der Waals surface area contributed by atoms with Crippen molar-refractivity contribution in [2.24, 2.45) is 0 Å². The van der Waals surface area contributed by atoms with Gasteiger partial charge in [-0.2, -0.15) is 0 Å². The SMILES string of the molecule is C=CCOc1ccccc1C(=O)NNC(=O)COc1c(C)cccc1C. The molecule has 6 heteroatoms. The third kappa shape index (κ3) is 5.11. The number of carbonyl (C=O) groups excluding carboxylic acids is 2. The summed E-state index contributed by atoms with van der Waals surface area (Å²) in [4.78, 5) is 24.2. The molecule has 0 radical (unpaired) electrons. The Bertz CT molecular complexity index is 782. The van der Waals surface area contributed by atoms with Gasteiger partial charge < -0.3 is 9.47 Å². The normalized spacial score (nSPS) is 9.92. The Balaban J connectivity index is 1.89. The summed E-state index contributed by atoms with van der Waals surface area (Å²) in [5.74, 6) is 0.124. The van der Waals surface area contributed by atoms with Gasteiger partial charge >= 0.3 is 0 Å². The van der Waals surface area contributed by atoms with Gasteiger partial charge in [0.2, 0.25) is 0 Å². The molecule has 0 atom stereocenters. The molecule has 0 unspecified atom stereocenters. The van der Waals surface area contributed by atoms with Gasteiger partial charge in [0.15, 0.2) is 6.61 Å². The van der Waals surface area contributed by atoms with E-state index in [2.05, 4.69) is 17.4 Å². The third-order valence-electron chi connectivity index (χ3n) is 3.56. The molecule has 136 valence electrons. The molecule has 26 heavy (non-hydrogen) atoms. The van der Waals surface area contributed by atoms with Crippen molar-refractivity contribution in [3.63, 3.8) is 0 Å². The molecular formula is C20H22N2O4. The number of benzene rings is 2. The van der Waals surface area contributed by atoms with Gasteiger partial charge in [-0.15, -0.1) is 0 Å². The van der Waals surface area contributed by atoms with Gasteiger partial charge in [0.1, 0.15) is 18.1 Å². The standard InChI is InChI=1S/C20H22N2O4/c1-4-12-25-17-11-6-5-10-16(17)20(24)22-21-18(23)13-26-19-14(2)8-7-9-15(19)3/h4-11H,1,12-13H2,2-3H3,(H,21,23)(H,22,24). The Morgan fingerprint density at radius 2 is 1.69 bits per heavy atom. The second-order valence-corrected chi connectivity index (χ2v) is 5.61. The molecule has 0 aliphatic carbocycles. The van der Waals surface area contributed by atoms with E-state index < -0.39 is 11.8 Å². The Morgan fingerprint density at radius 1 is 1.00 bits per heavy atom. The number of hydrogen-bond acceptors (Lipinski definition) is 4. The minimum Gasteiger partial charge on any atom is -0.489 e. The molecule has 0 saturated heterocycles. The first-order chi connectivity index (χ1) is 12.5. The summed E-state index contributed by atoms with van der Waals surface area (Å²) in [7, 11) is 0. The number of amides is 2. The van der Waals surface area contributed by atoms with Gasteiger partial charge in [-0.05, 0) is 37.1 Å². The van der Waals surface area contributed by atoms with Crippen LogP contribution in [0.25, 0.3) is 0 Å². The molecule has 0 aliphatic heterocycles. The summed E-state index contributed by atoms with van der Waals surface area (Å²) >= 11 is 0. The molecule has 0 saturated carbocycles. The van der Waals surface area contributed by atoms with Gasteiger partial charge in [0, 0.05) is 0 Å². The molecule has 2 amide bonds. The van der Waals surface area contributed by atoms with Crippen LogP contribution in [-0.4, -0.2) is 25.0 Å². The molecule has 2 rings (SSSR count). The van der Waals surface area contributed by atoms with Gasteiger partial charge in [0.25, 0.3) is 11.8 Å². The van der Waals surface area contributed by atoms with Gasteiger partial charge in [-0.3, -0.25) is 20.4 Å². The largest absolute Gasteiger partial charge is 0.489 e. The van der Waals surface area contributed by atoms with Crippen LogP contribution < -0.4 is 20.3 Å². The lowest BCUT2D eigenvalue weighted by Crippen LogP contribution is -2.44. The van der Waals surface area contributed by atoms with Crippen LogP contribution in [0.5, 0.6) is 11.5 Å². The summed E-state index contributed by atoms with van der Waals surface area (Å²) in [5.41, 5.74) is 6.88. The molecule has 0 bridgehead atoms. The van der Waals surface area contributed by atoms with E-state index in [0.717, 1.165) is 11.1 Å². The molecule has 0 aliphatic rings. The molecular weight excluding hydrogens is 332 g/mol. The van der Waals surface area contributed by atoms with Crippen LogP contribution in [0, 0.1) is 13.8 Å². The fourth-order valence-corrected chi connectivity index (χ4v) is 2.32. The number of rotatable bonds is 7. The predicted octanol–water partition coefficient (Wildman–Crippen LogP) is 2.71. The number of para-hydroxylation sites is 2. The fraction of sp³-hybridized carbons (Fsp3) is 0.200. The van der Waals surface area contributed by atoms with Crippen LogP contribution in [0.3, 0.4) is 0 Å². The lowest BCUT2D eigenvalue weighted by molar-refractivity contribution is -0.123. The first-order valence-electron chi connectivity index (χ1n) is 8.14. The van der Waals surface area contributed by atoms with Crippen LogP contribution >= 0.6 is 0 Å². The second-order valence-electron chi connectivity index (χ2n) is 5.61. The number of ether oxygens (including phenoxy) is 2. The fourth-order valence-electron chi connectivity index (χ4n) is 2.32. The highest BCUT2D eigenvalue weighted by atomic mass is 16.5. The highest BCUT2D eigenvalue weighted by molar-refractivity contribution is 5.97. The highest BCUT2D eigenvalue weighted by Gasteiger charge is 2.13. The van der Waals surface area contributed by atoms with E-state index in [1.54, 1.807) is 30.3 Å². The molecule has 0 heterocycles. The third-order valence-corrected chi connectivity index (χ3v) is 3.56. The molecule has 2 aromatic carbocycles. The molecule has 6 nitrogen and oxygen atoms in total. The number of carbonyl (C=O) groups is 2. The minimum atomic E-state index is -0.481. The van der Waals surface area contributed by atoms with Crippen molar-refractivity contribution in [2.75, 3.05) is 13.2 Å². The van der Waals surface area contributed by atoms with E-state index in [1.807, 2.05) is 32.0 Å². The van der Waals surface area contributed by atoms with Crippen LogP contribution in [-0.2, 0) is 4.79 Å². The van der Waals surface area contributed by atoms with Crippen molar-refractivity contribution in [1.29, 1.82) is 0 Å². The van der Waals surface area contributed by atoms with E-state index in [9.17, 15) is 9.59 Å². The van der Waals surface area contributed by atoms with Gasteiger partial charge in [-0.1, -0.05) is 43.0 Å². The van der Waals surface area contributed by atoms with Gasteiger partial charge in [-0.25, -0.2) is 0 Å². The lowest BCUT2D eigenvalue weighted by atomic mass is 10.1. The average molecular weight is 354 g/mol. The first-order valence-corrected chi connectivity index (χ1v) is 8.14. The molecule has 2 N–H and O–H groups in total. The van der Waals surface area contributed by atoms with Crippen LogP contribution in [0.15, 0.2) is 55.1 Å². The highest BCUT2D eigenvalue weighted by Crippen LogP contribution is 2.22. The zero-order chi connectivity index (χ0) is 18.9. The van der Waals surface area contributed by atoms with Crippen molar-refractivity contribution in [3.05, 3.63) is 71.8 Å². The zero-order valence-electron chi connectivity index (χ0n) is 14.9. The summed E-state index contributed by atoms with van der Waals surface area (Å²) in [6, 6.07) is 12.5. The Labute approximate surface area is 152 Å². The van der Waals surface area contributed by atoms with Crippen molar-refractivity contribution < 1.29 is 19.1 Å². The first kappa shape index (κ1) is 19.1. The van der Waals surface area contributed by atoms with E-state index in [4.69, 9.17) is 9.47 Å². The average Bonchev–Trinajstić information content (AvgIpc) is 2.64. The van der Waals surface area contributed by atoms with Crippen molar-refractivity contribution in [3.8, 4) is 11.5 Å². The smallest absolute Gasteiger partial charge is 0.276 e. The van der Waals surface area contributed by atoms with Crippen LogP contribution in [0.1, 0.15) is 21.5 Å². The van der Waals surface area contributed by atoms with Crippen molar-refractivity contribution >= 4 is 11.8 Å². The van der Waals surface area contributed by atoms with E-state index in [1.165, 1.54) is 0 Å². The Kier molecular flexibility index (Phi) is 6.79. The van der Waals surface area contributed by atoms with Crippen molar-refractivity contribution in [1.82, 2.24) is 10.9 Å². The Hall–Kier alpha value is -3.28.